The van der Waals surface area contributed by atoms with E-state index in [0.29, 0.717) is 12.1 Å². The molecule has 3 aromatic rings. The zero-order chi connectivity index (χ0) is 33.9. The number of hydrogen-bond donors (Lipinski definition) is 1. The van der Waals surface area contributed by atoms with Gasteiger partial charge in [0.05, 0.1) is 11.6 Å². The third-order valence-corrected chi connectivity index (χ3v) is 9.69. The fraction of sp³-hybridized carbons (Fsp3) is 0.462. The summed E-state index contributed by atoms with van der Waals surface area (Å²) in [6.45, 7) is 11.2. The number of para-hydroxylation sites is 1. The number of hydrogen-bond acceptors (Lipinski definition) is 6. The molecule has 1 atom stereocenters. The molecule has 9 heteroatoms. The number of ether oxygens (including phenoxy) is 1. The number of rotatable bonds is 12. The fourth-order valence-corrected chi connectivity index (χ4v) is 6.82. The van der Waals surface area contributed by atoms with Gasteiger partial charge in [-0.1, -0.05) is 60.7 Å². The van der Waals surface area contributed by atoms with Gasteiger partial charge in [0.1, 0.15) is 6.10 Å². The van der Waals surface area contributed by atoms with E-state index in [2.05, 4.69) is 15.1 Å². The number of likely N-dealkylation sites (tertiary alicyclic amines) is 2. The van der Waals surface area contributed by atoms with Crippen molar-refractivity contribution in [3.05, 3.63) is 90.0 Å². The van der Waals surface area contributed by atoms with Crippen LogP contribution in [0, 0.1) is 5.92 Å². The maximum atomic E-state index is 13.2. The third kappa shape index (κ3) is 9.45. The molecule has 3 amide bonds. The monoisotopic (exact) mass is 653 g/mol. The number of nitrogens with zero attached hydrogens (tertiary/aromatic N) is 4. The van der Waals surface area contributed by atoms with E-state index in [1.807, 2.05) is 105 Å². The molecule has 5 rings (SSSR count). The van der Waals surface area contributed by atoms with Crippen molar-refractivity contribution in [3.63, 3.8) is 0 Å². The second kappa shape index (κ2) is 17.3. The number of amides is 3. The Morgan fingerprint density at radius 2 is 1.52 bits per heavy atom. The SMILES string of the molecule is CCN(CC)C(=O)[C@@H]1CCCN(Cc2ccc(C(=O)N(C)CCN3CCC(OC(=O)Nc4ccccc4-c4ccccc4)CC3)cc2)C1. The molecule has 0 aliphatic carbocycles. The molecular formula is C39H51N5O4. The van der Waals surface area contributed by atoms with E-state index in [0.717, 1.165) is 100 Å². The first-order valence-electron chi connectivity index (χ1n) is 17.5. The standard InChI is InChI=1S/C39H51N5O4/c1-4-44(5-2)38(46)33-14-11-23-43(29-33)28-30-17-19-32(20-18-30)37(45)41(3)26-27-42-24-21-34(22-25-42)48-39(47)40-36-16-10-9-15-35(36)31-12-7-6-8-13-31/h6-10,12-13,15-20,33-34H,4-5,11,14,21-29H2,1-3H3,(H,40,47)/t33-/m1/s1. The third-order valence-electron chi connectivity index (χ3n) is 9.69. The van der Waals surface area contributed by atoms with Crippen LogP contribution in [0.15, 0.2) is 78.9 Å². The van der Waals surface area contributed by atoms with Gasteiger partial charge in [0.15, 0.2) is 0 Å². The van der Waals surface area contributed by atoms with E-state index in [9.17, 15) is 14.4 Å². The van der Waals surface area contributed by atoms with Crippen LogP contribution in [-0.2, 0) is 16.1 Å². The highest BCUT2D eigenvalue weighted by molar-refractivity contribution is 5.94. The Labute approximate surface area is 285 Å². The topological polar surface area (TPSA) is 85.4 Å². The smallest absolute Gasteiger partial charge is 0.411 e. The summed E-state index contributed by atoms with van der Waals surface area (Å²) < 4.78 is 5.79. The van der Waals surface area contributed by atoms with Gasteiger partial charge in [-0.15, -0.1) is 0 Å². The van der Waals surface area contributed by atoms with E-state index in [1.165, 1.54) is 0 Å². The summed E-state index contributed by atoms with van der Waals surface area (Å²) in [5.74, 6) is 0.352. The van der Waals surface area contributed by atoms with Gasteiger partial charge in [-0.3, -0.25) is 19.8 Å². The van der Waals surface area contributed by atoms with Crippen molar-refractivity contribution in [2.75, 3.05) is 64.7 Å². The highest BCUT2D eigenvalue weighted by Gasteiger charge is 2.28. The number of anilines is 1. The van der Waals surface area contributed by atoms with Gasteiger partial charge in [0.25, 0.3) is 5.91 Å². The molecule has 256 valence electrons. The summed E-state index contributed by atoms with van der Waals surface area (Å²) in [5, 5.41) is 2.94. The highest BCUT2D eigenvalue weighted by atomic mass is 16.6. The molecule has 2 aliphatic heterocycles. The molecule has 0 unspecified atom stereocenters. The highest BCUT2D eigenvalue weighted by Crippen LogP contribution is 2.28. The fourth-order valence-electron chi connectivity index (χ4n) is 6.82. The molecule has 2 fully saturated rings. The predicted molar refractivity (Wildman–Crippen MR) is 191 cm³/mol. The average Bonchev–Trinajstić information content (AvgIpc) is 3.12. The van der Waals surface area contributed by atoms with Crippen LogP contribution in [0.25, 0.3) is 11.1 Å². The molecule has 9 nitrogen and oxygen atoms in total. The van der Waals surface area contributed by atoms with Gasteiger partial charge in [0, 0.05) is 70.5 Å². The molecule has 0 bridgehead atoms. The van der Waals surface area contributed by atoms with Crippen molar-refractivity contribution >= 4 is 23.6 Å². The Morgan fingerprint density at radius 3 is 2.23 bits per heavy atom. The second-order valence-corrected chi connectivity index (χ2v) is 13.0. The van der Waals surface area contributed by atoms with Gasteiger partial charge < -0.3 is 19.4 Å². The summed E-state index contributed by atoms with van der Waals surface area (Å²) >= 11 is 0. The van der Waals surface area contributed by atoms with Crippen LogP contribution < -0.4 is 5.32 Å². The number of likely N-dealkylation sites (N-methyl/N-ethyl adjacent to an activating group) is 1. The van der Waals surface area contributed by atoms with E-state index in [1.54, 1.807) is 4.90 Å². The minimum Gasteiger partial charge on any atom is -0.446 e. The molecule has 0 saturated carbocycles. The first-order valence-corrected chi connectivity index (χ1v) is 17.5. The van der Waals surface area contributed by atoms with Gasteiger partial charge in [-0.05, 0) is 75.4 Å². The number of piperidine rings is 2. The lowest BCUT2D eigenvalue weighted by Gasteiger charge is -2.34. The summed E-state index contributed by atoms with van der Waals surface area (Å²) in [5.41, 5.74) is 4.56. The lowest BCUT2D eigenvalue weighted by Crippen LogP contribution is -2.44. The van der Waals surface area contributed by atoms with Crippen LogP contribution in [0.2, 0.25) is 0 Å². The van der Waals surface area contributed by atoms with Crippen molar-refractivity contribution in [1.29, 1.82) is 0 Å². The molecule has 2 aliphatic rings. The largest absolute Gasteiger partial charge is 0.446 e. The van der Waals surface area contributed by atoms with Crippen molar-refractivity contribution in [2.24, 2.45) is 5.92 Å². The summed E-state index contributed by atoms with van der Waals surface area (Å²) in [6.07, 6.45) is 2.94. The summed E-state index contributed by atoms with van der Waals surface area (Å²) in [7, 11) is 1.85. The van der Waals surface area contributed by atoms with Crippen LogP contribution in [0.3, 0.4) is 0 Å². The predicted octanol–water partition coefficient (Wildman–Crippen LogP) is 6.22. The Kier molecular flexibility index (Phi) is 12.6. The van der Waals surface area contributed by atoms with Crippen LogP contribution in [0.4, 0.5) is 10.5 Å². The van der Waals surface area contributed by atoms with E-state index < -0.39 is 6.09 Å². The Hall–Kier alpha value is -4.21. The van der Waals surface area contributed by atoms with Gasteiger partial charge in [0.2, 0.25) is 5.91 Å². The number of carbonyl (C=O) groups is 3. The van der Waals surface area contributed by atoms with E-state index >= 15 is 0 Å². The molecule has 48 heavy (non-hydrogen) atoms. The molecule has 2 heterocycles. The summed E-state index contributed by atoms with van der Waals surface area (Å²) in [6, 6.07) is 25.6. The van der Waals surface area contributed by atoms with Gasteiger partial charge in [-0.25, -0.2) is 4.79 Å². The molecule has 1 N–H and O–H groups in total. The Morgan fingerprint density at radius 1 is 0.833 bits per heavy atom. The minimum absolute atomic E-state index is 0.00933. The minimum atomic E-state index is -0.432. The zero-order valence-corrected chi connectivity index (χ0v) is 28.8. The maximum absolute atomic E-state index is 13.2. The van der Waals surface area contributed by atoms with E-state index in [-0.39, 0.29) is 23.8 Å². The maximum Gasteiger partial charge on any atom is 0.411 e. The van der Waals surface area contributed by atoms with Crippen molar-refractivity contribution in [1.82, 2.24) is 19.6 Å². The molecule has 0 radical (unpaired) electrons. The molecule has 2 saturated heterocycles. The lowest BCUT2D eigenvalue weighted by atomic mass is 9.96. The van der Waals surface area contributed by atoms with Crippen LogP contribution in [-0.4, -0.2) is 103 Å². The average molecular weight is 654 g/mol. The number of nitrogens with one attached hydrogen (secondary N) is 1. The molecule has 3 aromatic carbocycles. The van der Waals surface area contributed by atoms with Crippen LogP contribution >= 0.6 is 0 Å². The van der Waals surface area contributed by atoms with Crippen LogP contribution in [0.5, 0.6) is 0 Å². The van der Waals surface area contributed by atoms with Crippen molar-refractivity contribution in [2.45, 2.75) is 52.2 Å². The van der Waals surface area contributed by atoms with Crippen molar-refractivity contribution < 1.29 is 19.1 Å². The molecule has 0 spiro atoms. The number of benzene rings is 3. The first-order chi connectivity index (χ1) is 23.3. The Bertz CT molecular complexity index is 1490. The Balaban J connectivity index is 1.02. The van der Waals surface area contributed by atoms with Gasteiger partial charge >= 0.3 is 6.09 Å². The summed E-state index contributed by atoms with van der Waals surface area (Å²) in [4.78, 5) is 47.3. The normalized spacial score (nSPS) is 17.4. The van der Waals surface area contributed by atoms with E-state index in [4.69, 9.17) is 4.74 Å². The second-order valence-electron chi connectivity index (χ2n) is 13.0. The lowest BCUT2D eigenvalue weighted by molar-refractivity contribution is -0.137. The quantitative estimate of drug-likeness (QED) is 0.250. The van der Waals surface area contributed by atoms with Crippen molar-refractivity contribution in [3.8, 4) is 11.1 Å². The van der Waals surface area contributed by atoms with Crippen LogP contribution in [0.1, 0.15) is 55.5 Å². The first kappa shape index (κ1) is 35.1. The molecule has 0 aromatic heterocycles. The zero-order valence-electron chi connectivity index (χ0n) is 28.8. The van der Waals surface area contributed by atoms with Gasteiger partial charge in [-0.2, -0.15) is 0 Å². The molecular weight excluding hydrogens is 602 g/mol. The number of carbonyl (C=O) groups excluding carboxylic acids is 3.